The van der Waals surface area contributed by atoms with Gasteiger partial charge in [0.2, 0.25) is 0 Å². The zero-order valence-electron chi connectivity index (χ0n) is 4.89. The number of rotatable bonds is 0. The average molecular weight is 122 g/mol. The second-order valence-electron chi connectivity index (χ2n) is 1.80. The second kappa shape index (κ2) is 1.85. The zero-order valence-corrected chi connectivity index (χ0v) is 4.89. The third-order valence-corrected chi connectivity index (χ3v) is 1.04. The van der Waals surface area contributed by atoms with Crippen LogP contribution in [0.25, 0.3) is 0 Å². The largest absolute Gasteiger partial charge is 0.398 e. The molecule has 0 saturated heterocycles. The lowest BCUT2D eigenvalue weighted by Crippen LogP contribution is -1.95. The van der Waals surface area contributed by atoms with Gasteiger partial charge in [-0.15, -0.1) is 0 Å². The Balaban J connectivity index is 3.17. The van der Waals surface area contributed by atoms with Crippen molar-refractivity contribution >= 4 is 17.1 Å². The Hall–Kier alpha value is -1.38. The monoisotopic (exact) mass is 122 g/mol. The molecule has 3 heteroatoms. The normalized spacial score (nSPS) is 9.33. The van der Waals surface area contributed by atoms with Crippen molar-refractivity contribution in [3.05, 3.63) is 18.2 Å². The van der Waals surface area contributed by atoms with Gasteiger partial charge in [-0.2, -0.15) is 0 Å². The first kappa shape index (κ1) is 5.75. The molecule has 0 unspecified atom stereocenters. The minimum absolute atomic E-state index is 0.506. The average Bonchev–Trinajstić information content (AvgIpc) is 1.80. The summed E-state index contributed by atoms with van der Waals surface area (Å²) >= 11 is 0. The molecule has 9 heavy (non-hydrogen) atoms. The number of benzene rings is 1. The molecule has 1 aromatic carbocycles. The minimum Gasteiger partial charge on any atom is -0.398 e. The molecule has 3 nitrogen and oxygen atoms in total. The van der Waals surface area contributed by atoms with Gasteiger partial charge in [-0.1, -0.05) is 0 Å². The van der Waals surface area contributed by atoms with Gasteiger partial charge in [0.25, 0.3) is 0 Å². The lowest BCUT2D eigenvalue weighted by molar-refractivity contribution is 1.64. The van der Waals surface area contributed by atoms with Crippen molar-refractivity contribution in [1.29, 1.82) is 0 Å². The summed E-state index contributed by atoms with van der Waals surface area (Å²) in [6.45, 7) is 0. The van der Waals surface area contributed by atoms with E-state index in [4.69, 9.17) is 17.2 Å². The third-order valence-electron chi connectivity index (χ3n) is 1.04. The Kier molecular flexibility index (Phi) is 1.18. The molecule has 0 amide bonds. The number of nitrogens with two attached hydrogens (primary N) is 3. The molecule has 6 N–H and O–H groups in total. The minimum atomic E-state index is 0.506. The first-order valence-corrected chi connectivity index (χ1v) is 2.52. The van der Waals surface area contributed by atoms with Gasteiger partial charge >= 0.3 is 0 Å². The van der Waals surface area contributed by atoms with Gasteiger partial charge in [0, 0.05) is 11.8 Å². The van der Waals surface area contributed by atoms with E-state index in [1.54, 1.807) is 12.1 Å². The Morgan fingerprint density at radius 1 is 1.11 bits per heavy atom. The van der Waals surface area contributed by atoms with Crippen molar-refractivity contribution in [3.8, 4) is 0 Å². The summed E-state index contributed by atoms with van der Waals surface area (Å²) in [5, 5.41) is 0. The molecule has 0 aliphatic rings. The Morgan fingerprint density at radius 3 is 2.22 bits per heavy atom. The van der Waals surface area contributed by atoms with Crippen LogP contribution in [0.5, 0.6) is 0 Å². The molecule has 0 fully saturated rings. The molecule has 0 atom stereocenters. The standard InChI is InChI=1S/C6H8N3/c7-4-1-2-5(8)6(9)3-4/h2-3H,7-9H2. The Bertz CT molecular complexity index is 220. The van der Waals surface area contributed by atoms with Gasteiger partial charge in [-0.05, 0) is 12.1 Å². The predicted molar refractivity (Wildman–Crippen MR) is 38.5 cm³/mol. The summed E-state index contributed by atoms with van der Waals surface area (Å²) in [6.07, 6.45) is 0. The lowest BCUT2D eigenvalue weighted by Gasteiger charge is -1.97. The van der Waals surface area contributed by atoms with E-state index in [1.165, 1.54) is 0 Å². The van der Waals surface area contributed by atoms with Crippen LogP contribution in [0.4, 0.5) is 17.1 Å². The fourth-order valence-electron chi connectivity index (χ4n) is 0.537. The summed E-state index contributed by atoms with van der Waals surface area (Å²) in [5.41, 5.74) is 17.6. The number of anilines is 3. The van der Waals surface area contributed by atoms with E-state index in [1.807, 2.05) is 0 Å². The maximum Gasteiger partial charge on any atom is 0.0568 e. The van der Waals surface area contributed by atoms with Crippen LogP contribution in [-0.4, -0.2) is 0 Å². The first-order chi connectivity index (χ1) is 4.20. The molecule has 1 aromatic rings. The van der Waals surface area contributed by atoms with Crippen molar-refractivity contribution in [1.82, 2.24) is 0 Å². The summed E-state index contributed by atoms with van der Waals surface area (Å²) in [7, 11) is 0. The van der Waals surface area contributed by atoms with Crippen LogP contribution in [0.3, 0.4) is 0 Å². The van der Waals surface area contributed by atoms with Gasteiger partial charge in [-0.3, -0.25) is 0 Å². The van der Waals surface area contributed by atoms with E-state index in [0.717, 1.165) is 0 Å². The highest BCUT2D eigenvalue weighted by Gasteiger charge is 1.91. The van der Waals surface area contributed by atoms with Gasteiger partial charge < -0.3 is 17.2 Å². The summed E-state index contributed by atoms with van der Waals surface area (Å²) in [5.74, 6) is 0. The van der Waals surface area contributed by atoms with E-state index in [2.05, 4.69) is 6.07 Å². The molecule has 1 rings (SSSR count). The van der Waals surface area contributed by atoms with Crippen LogP contribution in [0.15, 0.2) is 12.1 Å². The highest BCUT2D eigenvalue weighted by molar-refractivity contribution is 5.67. The van der Waals surface area contributed by atoms with E-state index in [9.17, 15) is 0 Å². The van der Waals surface area contributed by atoms with Crippen LogP contribution in [-0.2, 0) is 0 Å². The fraction of sp³-hybridized carbons (Fsp3) is 0. The highest BCUT2D eigenvalue weighted by Crippen LogP contribution is 2.15. The van der Waals surface area contributed by atoms with Gasteiger partial charge in [0.05, 0.1) is 11.4 Å². The van der Waals surface area contributed by atoms with Crippen LogP contribution >= 0.6 is 0 Å². The molecule has 1 radical (unpaired) electrons. The molecule has 47 valence electrons. The van der Waals surface area contributed by atoms with Crippen LogP contribution in [0.1, 0.15) is 0 Å². The predicted octanol–water partition coefficient (Wildman–Crippen LogP) is 0.233. The maximum atomic E-state index is 5.40. The molecule has 0 spiro atoms. The van der Waals surface area contributed by atoms with Crippen LogP contribution in [0, 0.1) is 6.07 Å². The van der Waals surface area contributed by atoms with Crippen molar-refractivity contribution in [2.75, 3.05) is 17.2 Å². The SMILES string of the molecule is Nc1[c]cc(N)c(N)c1. The number of hydrogen-bond donors (Lipinski definition) is 3. The molecule has 0 saturated carbocycles. The van der Waals surface area contributed by atoms with Crippen molar-refractivity contribution in [2.45, 2.75) is 0 Å². The van der Waals surface area contributed by atoms with Gasteiger partial charge in [0.15, 0.2) is 0 Å². The van der Waals surface area contributed by atoms with Gasteiger partial charge in [-0.25, -0.2) is 0 Å². The third kappa shape index (κ3) is 1.05. The van der Waals surface area contributed by atoms with Crippen molar-refractivity contribution in [2.24, 2.45) is 0 Å². The molecular weight excluding hydrogens is 114 g/mol. The van der Waals surface area contributed by atoms with Gasteiger partial charge in [0.1, 0.15) is 0 Å². The molecule has 0 aliphatic carbocycles. The molecular formula is C6H8N3. The van der Waals surface area contributed by atoms with E-state index >= 15 is 0 Å². The summed E-state index contributed by atoms with van der Waals surface area (Å²) in [4.78, 5) is 0. The topological polar surface area (TPSA) is 78.1 Å². The van der Waals surface area contributed by atoms with E-state index < -0.39 is 0 Å². The van der Waals surface area contributed by atoms with E-state index in [-0.39, 0.29) is 0 Å². The Labute approximate surface area is 53.5 Å². The lowest BCUT2D eigenvalue weighted by atomic mass is 10.2. The molecule has 0 aromatic heterocycles. The molecule has 0 bridgehead atoms. The second-order valence-corrected chi connectivity index (χ2v) is 1.80. The molecule has 0 heterocycles. The van der Waals surface area contributed by atoms with E-state index in [0.29, 0.717) is 17.1 Å². The smallest absolute Gasteiger partial charge is 0.0568 e. The zero-order chi connectivity index (χ0) is 6.85. The fourth-order valence-corrected chi connectivity index (χ4v) is 0.537. The highest BCUT2D eigenvalue weighted by atomic mass is 14.7. The Morgan fingerprint density at radius 2 is 1.78 bits per heavy atom. The van der Waals surface area contributed by atoms with Crippen molar-refractivity contribution < 1.29 is 0 Å². The first-order valence-electron chi connectivity index (χ1n) is 2.52. The number of hydrogen-bond acceptors (Lipinski definition) is 3. The summed E-state index contributed by atoms with van der Waals surface area (Å²) < 4.78 is 0. The number of nitrogen functional groups attached to an aromatic ring is 3. The van der Waals surface area contributed by atoms with Crippen molar-refractivity contribution in [3.63, 3.8) is 0 Å². The van der Waals surface area contributed by atoms with Crippen LogP contribution in [0.2, 0.25) is 0 Å². The molecule has 0 aliphatic heterocycles. The van der Waals surface area contributed by atoms with Crippen LogP contribution < -0.4 is 17.2 Å². The quantitative estimate of drug-likeness (QED) is 0.431. The summed E-state index contributed by atoms with van der Waals surface area (Å²) in [6, 6.07) is 5.85. The maximum absolute atomic E-state index is 5.40.